The van der Waals surface area contributed by atoms with E-state index < -0.39 is 0 Å². The SMILES string of the molecule is CCCc1nc(=S)c(C)c(-c2cc(F)cc(Cl)c2)[nH]1. The van der Waals surface area contributed by atoms with Crippen molar-refractivity contribution < 1.29 is 4.39 Å². The van der Waals surface area contributed by atoms with Gasteiger partial charge in [-0.25, -0.2) is 9.37 Å². The molecule has 1 N–H and O–H groups in total. The highest BCUT2D eigenvalue weighted by Crippen LogP contribution is 2.26. The van der Waals surface area contributed by atoms with E-state index in [1.54, 1.807) is 6.07 Å². The molecule has 0 bridgehead atoms. The fourth-order valence-electron chi connectivity index (χ4n) is 1.92. The summed E-state index contributed by atoms with van der Waals surface area (Å²) in [5.74, 6) is 0.448. The van der Waals surface area contributed by atoms with Crippen molar-refractivity contribution in [1.82, 2.24) is 9.97 Å². The fraction of sp³-hybridized carbons (Fsp3) is 0.286. The Balaban J connectivity index is 2.63. The molecule has 5 heteroatoms. The molecule has 0 amide bonds. The second-order valence-corrected chi connectivity index (χ2v) is 5.22. The van der Waals surface area contributed by atoms with Crippen molar-refractivity contribution in [3.05, 3.63) is 45.1 Å². The normalized spacial score (nSPS) is 10.7. The molecule has 0 fully saturated rings. The number of nitrogens with zero attached hydrogens (tertiary/aromatic N) is 1. The Kier molecular flexibility index (Phi) is 4.32. The van der Waals surface area contributed by atoms with Gasteiger partial charge >= 0.3 is 0 Å². The lowest BCUT2D eigenvalue weighted by Crippen LogP contribution is -2.00. The summed E-state index contributed by atoms with van der Waals surface area (Å²) in [6.45, 7) is 3.94. The van der Waals surface area contributed by atoms with Gasteiger partial charge in [-0.05, 0) is 31.5 Å². The number of hydrogen-bond acceptors (Lipinski definition) is 2. The van der Waals surface area contributed by atoms with Crippen molar-refractivity contribution in [3.8, 4) is 11.3 Å². The van der Waals surface area contributed by atoms with Crippen LogP contribution in [-0.2, 0) is 6.42 Å². The number of benzene rings is 1. The molecule has 0 saturated carbocycles. The van der Waals surface area contributed by atoms with Gasteiger partial charge in [0, 0.05) is 22.6 Å². The topological polar surface area (TPSA) is 28.7 Å². The van der Waals surface area contributed by atoms with Crippen LogP contribution in [-0.4, -0.2) is 9.97 Å². The third-order valence-corrected chi connectivity index (χ3v) is 3.46. The highest BCUT2D eigenvalue weighted by Gasteiger charge is 2.09. The van der Waals surface area contributed by atoms with Crippen LogP contribution in [0, 0.1) is 17.4 Å². The van der Waals surface area contributed by atoms with Gasteiger partial charge in [-0.3, -0.25) is 0 Å². The van der Waals surface area contributed by atoms with Crippen LogP contribution in [0.15, 0.2) is 18.2 Å². The zero-order valence-electron chi connectivity index (χ0n) is 10.8. The zero-order valence-corrected chi connectivity index (χ0v) is 12.3. The number of aromatic amines is 1. The molecule has 0 aliphatic heterocycles. The molecule has 2 aromatic rings. The van der Waals surface area contributed by atoms with Crippen LogP contribution in [0.2, 0.25) is 5.02 Å². The summed E-state index contributed by atoms with van der Waals surface area (Å²) in [4.78, 5) is 7.55. The second-order valence-electron chi connectivity index (χ2n) is 4.40. The van der Waals surface area contributed by atoms with Crippen LogP contribution in [0.3, 0.4) is 0 Å². The molecule has 0 aliphatic carbocycles. The van der Waals surface area contributed by atoms with E-state index in [2.05, 4.69) is 16.9 Å². The van der Waals surface area contributed by atoms with Gasteiger partial charge in [-0.2, -0.15) is 0 Å². The van der Waals surface area contributed by atoms with Crippen LogP contribution in [0.4, 0.5) is 4.39 Å². The predicted octanol–water partition coefficient (Wildman–Crippen LogP) is 4.86. The molecule has 2 nitrogen and oxygen atoms in total. The molecule has 19 heavy (non-hydrogen) atoms. The van der Waals surface area contributed by atoms with Gasteiger partial charge in [0.05, 0.1) is 5.69 Å². The lowest BCUT2D eigenvalue weighted by Gasteiger charge is -2.10. The van der Waals surface area contributed by atoms with Crippen LogP contribution in [0.1, 0.15) is 24.7 Å². The summed E-state index contributed by atoms with van der Waals surface area (Å²) in [7, 11) is 0. The summed E-state index contributed by atoms with van der Waals surface area (Å²) in [6, 6.07) is 4.44. The maximum Gasteiger partial charge on any atom is 0.133 e. The van der Waals surface area contributed by atoms with Crippen LogP contribution < -0.4 is 0 Å². The zero-order chi connectivity index (χ0) is 14.0. The minimum atomic E-state index is -0.366. The maximum atomic E-state index is 13.5. The van der Waals surface area contributed by atoms with E-state index in [1.807, 2.05) is 6.92 Å². The van der Waals surface area contributed by atoms with Gasteiger partial charge in [0.2, 0.25) is 0 Å². The van der Waals surface area contributed by atoms with E-state index >= 15 is 0 Å². The first-order valence-corrected chi connectivity index (χ1v) is 6.86. The van der Waals surface area contributed by atoms with E-state index in [0.29, 0.717) is 15.2 Å². The molecule has 100 valence electrons. The van der Waals surface area contributed by atoms with Gasteiger partial charge in [-0.15, -0.1) is 0 Å². The highest BCUT2D eigenvalue weighted by molar-refractivity contribution is 7.71. The number of rotatable bonds is 3. The van der Waals surface area contributed by atoms with Crippen LogP contribution in [0.5, 0.6) is 0 Å². The van der Waals surface area contributed by atoms with E-state index in [9.17, 15) is 4.39 Å². The first-order valence-electron chi connectivity index (χ1n) is 6.07. The molecule has 0 spiro atoms. The van der Waals surface area contributed by atoms with Crippen molar-refractivity contribution >= 4 is 23.8 Å². The molecule has 0 saturated heterocycles. The van der Waals surface area contributed by atoms with Crippen molar-refractivity contribution in [1.29, 1.82) is 0 Å². The van der Waals surface area contributed by atoms with Crippen LogP contribution in [0.25, 0.3) is 11.3 Å². The molecule has 0 atom stereocenters. The minimum Gasteiger partial charge on any atom is -0.343 e. The van der Waals surface area contributed by atoms with Crippen molar-refractivity contribution in [3.63, 3.8) is 0 Å². The molecular weight excluding hydrogens is 283 g/mol. The lowest BCUT2D eigenvalue weighted by molar-refractivity contribution is 0.628. The quantitative estimate of drug-likeness (QED) is 0.819. The maximum absolute atomic E-state index is 13.5. The van der Waals surface area contributed by atoms with E-state index in [1.165, 1.54) is 12.1 Å². The van der Waals surface area contributed by atoms with E-state index in [4.69, 9.17) is 23.8 Å². The van der Waals surface area contributed by atoms with Gasteiger partial charge in [0.25, 0.3) is 0 Å². The monoisotopic (exact) mass is 296 g/mol. The predicted molar refractivity (Wildman–Crippen MR) is 78.6 cm³/mol. The summed E-state index contributed by atoms with van der Waals surface area (Å²) < 4.78 is 14.0. The third kappa shape index (κ3) is 3.19. The van der Waals surface area contributed by atoms with Crippen LogP contribution >= 0.6 is 23.8 Å². The number of nitrogens with one attached hydrogen (secondary N) is 1. The molecule has 0 radical (unpaired) electrons. The molecule has 2 rings (SSSR count). The Labute approximate surface area is 121 Å². The third-order valence-electron chi connectivity index (χ3n) is 2.84. The number of aromatic nitrogens is 2. The average molecular weight is 297 g/mol. The summed E-state index contributed by atoms with van der Waals surface area (Å²) >= 11 is 11.1. The largest absolute Gasteiger partial charge is 0.343 e. The van der Waals surface area contributed by atoms with E-state index in [0.717, 1.165) is 29.9 Å². The average Bonchev–Trinajstić information content (AvgIpc) is 2.32. The highest BCUT2D eigenvalue weighted by atomic mass is 35.5. The summed E-state index contributed by atoms with van der Waals surface area (Å²) in [5, 5.41) is 0.363. The Hall–Kier alpha value is -1.26. The Bertz CT molecular complexity index is 647. The molecule has 1 aromatic heterocycles. The fourth-order valence-corrected chi connectivity index (χ4v) is 2.36. The molecular formula is C14H14ClFN2S. The Morgan fingerprint density at radius 1 is 1.37 bits per heavy atom. The molecule has 0 unspecified atom stereocenters. The van der Waals surface area contributed by atoms with Crippen molar-refractivity contribution in [2.45, 2.75) is 26.7 Å². The number of halogens is 2. The summed E-state index contributed by atoms with van der Waals surface area (Å²) in [6.07, 6.45) is 1.77. The molecule has 0 aliphatic rings. The number of H-pyrrole nitrogens is 1. The Morgan fingerprint density at radius 3 is 2.74 bits per heavy atom. The van der Waals surface area contributed by atoms with E-state index in [-0.39, 0.29) is 5.82 Å². The lowest BCUT2D eigenvalue weighted by atomic mass is 10.1. The molecule has 1 heterocycles. The minimum absolute atomic E-state index is 0.363. The van der Waals surface area contributed by atoms with Crippen molar-refractivity contribution in [2.24, 2.45) is 0 Å². The number of hydrogen-bond donors (Lipinski definition) is 1. The standard InChI is InChI=1S/C14H14ClFN2S/c1-3-4-12-17-13(8(2)14(19)18-12)9-5-10(15)7-11(16)6-9/h5-7H,3-4H2,1-2H3,(H,17,18,19). The Morgan fingerprint density at radius 2 is 2.11 bits per heavy atom. The summed E-state index contributed by atoms with van der Waals surface area (Å²) in [5.41, 5.74) is 2.30. The van der Waals surface area contributed by atoms with Crippen molar-refractivity contribution in [2.75, 3.05) is 0 Å². The van der Waals surface area contributed by atoms with Gasteiger partial charge in [0.15, 0.2) is 0 Å². The first kappa shape index (κ1) is 14.2. The second kappa shape index (κ2) is 5.80. The smallest absolute Gasteiger partial charge is 0.133 e. The van der Waals surface area contributed by atoms with Gasteiger partial charge in [-0.1, -0.05) is 30.7 Å². The van der Waals surface area contributed by atoms with Gasteiger partial charge in [0.1, 0.15) is 16.3 Å². The number of aryl methyl sites for hydroxylation is 1. The van der Waals surface area contributed by atoms with Gasteiger partial charge < -0.3 is 4.98 Å². The first-order chi connectivity index (χ1) is 9.01. The molecule has 1 aromatic carbocycles.